The molecule has 0 aromatic carbocycles. The molecule has 0 aliphatic rings. The number of nitrogens with zero attached hydrogens (tertiary/aromatic N) is 4. The number of anilines is 1. The highest BCUT2D eigenvalue weighted by molar-refractivity contribution is 7.13. The number of amides is 1. The fourth-order valence-corrected chi connectivity index (χ4v) is 2.95. The first-order valence-electron chi connectivity index (χ1n) is 7.01. The second kappa shape index (κ2) is 6.21. The molecule has 0 unspecified atom stereocenters. The van der Waals surface area contributed by atoms with Gasteiger partial charge in [0.15, 0.2) is 5.13 Å². The van der Waals surface area contributed by atoms with Gasteiger partial charge in [-0.2, -0.15) is 0 Å². The zero-order valence-electron chi connectivity index (χ0n) is 13.0. The van der Waals surface area contributed by atoms with Gasteiger partial charge in [-0.3, -0.25) is 10.1 Å². The van der Waals surface area contributed by atoms with Gasteiger partial charge in [0, 0.05) is 29.0 Å². The molecule has 1 amide bonds. The average Bonchev–Trinajstić information content (AvgIpc) is 2.95. The van der Waals surface area contributed by atoms with E-state index in [4.69, 9.17) is 0 Å². The van der Waals surface area contributed by atoms with Crippen molar-refractivity contribution in [1.29, 1.82) is 0 Å². The number of pyridine rings is 1. The minimum Gasteiger partial charge on any atom is -0.296 e. The number of hydrogen-bond acceptors (Lipinski definition) is 6. The molecule has 116 valence electrons. The van der Waals surface area contributed by atoms with E-state index in [0.717, 1.165) is 28.1 Å². The van der Waals surface area contributed by atoms with Crippen LogP contribution in [0, 0.1) is 20.8 Å². The third-order valence-corrected chi connectivity index (χ3v) is 4.20. The predicted molar refractivity (Wildman–Crippen MR) is 89.5 cm³/mol. The molecule has 7 heteroatoms. The smallest absolute Gasteiger partial charge is 0.276 e. The Morgan fingerprint density at radius 1 is 1.09 bits per heavy atom. The summed E-state index contributed by atoms with van der Waals surface area (Å²) in [4.78, 5) is 29.2. The van der Waals surface area contributed by atoms with Gasteiger partial charge >= 0.3 is 0 Å². The zero-order chi connectivity index (χ0) is 16.4. The van der Waals surface area contributed by atoms with E-state index in [1.807, 2.05) is 32.2 Å². The first-order valence-corrected chi connectivity index (χ1v) is 7.89. The van der Waals surface area contributed by atoms with E-state index >= 15 is 0 Å². The van der Waals surface area contributed by atoms with Crippen LogP contribution < -0.4 is 5.32 Å². The van der Waals surface area contributed by atoms with Crippen LogP contribution >= 0.6 is 11.3 Å². The van der Waals surface area contributed by atoms with Gasteiger partial charge in [-0.25, -0.2) is 19.9 Å². The van der Waals surface area contributed by atoms with Crippen LogP contribution in [-0.4, -0.2) is 25.8 Å². The lowest BCUT2D eigenvalue weighted by molar-refractivity contribution is 0.102. The number of hydrogen-bond donors (Lipinski definition) is 1. The predicted octanol–water partition coefficient (Wildman–Crippen LogP) is 3.17. The van der Waals surface area contributed by atoms with Gasteiger partial charge in [0.25, 0.3) is 5.91 Å². The summed E-state index contributed by atoms with van der Waals surface area (Å²) in [6.45, 7) is 5.61. The summed E-state index contributed by atoms with van der Waals surface area (Å²) >= 11 is 1.39. The average molecular weight is 325 g/mol. The van der Waals surface area contributed by atoms with Gasteiger partial charge in [-0.15, -0.1) is 11.3 Å². The topological polar surface area (TPSA) is 80.7 Å². The first-order chi connectivity index (χ1) is 11.0. The Bertz CT molecular complexity index is 860. The minimum absolute atomic E-state index is 0.265. The van der Waals surface area contributed by atoms with Crippen molar-refractivity contribution in [3.8, 4) is 11.1 Å². The minimum atomic E-state index is -0.265. The summed E-state index contributed by atoms with van der Waals surface area (Å²) in [5, 5.41) is 5.26. The second-order valence-electron chi connectivity index (χ2n) is 5.16. The molecule has 3 heterocycles. The SMILES string of the molecule is Cc1csc(NC(=O)c2nc(C)cc(-c3cncnc3)c2C)n1. The molecule has 0 atom stereocenters. The summed E-state index contributed by atoms with van der Waals surface area (Å²) in [5.41, 5.74) is 4.57. The quantitative estimate of drug-likeness (QED) is 0.800. The van der Waals surface area contributed by atoms with Crippen molar-refractivity contribution >= 4 is 22.4 Å². The van der Waals surface area contributed by atoms with Gasteiger partial charge in [-0.05, 0) is 38.0 Å². The van der Waals surface area contributed by atoms with E-state index < -0.39 is 0 Å². The van der Waals surface area contributed by atoms with Gasteiger partial charge in [0.2, 0.25) is 0 Å². The maximum absolute atomic E-state index is 12.5. The van der Waals surface area contributed by atoms with Crippen molar-refractivity contribution in [3.63, 3.8) is 0 Å². The molecule has 0 fully saturated rings. The molecule has 0 aliphatic heterocycles. The van der Waals surface area contributed by atoms with Gasteiger partial charge in [-0.1, -0.05) is 0 Å². The third-order valence-electron chi connectivity index (χ3n) is 3.33. The monoisotopic (exact) mass is 325 g/mol. The number of thiazole rings is 1. The standard InChI is InChI=1S/C16H15N5OS/c1-9-4-13(12-5-17-8-18-6-12)11(3)14(19-9)15(22)21-16-20-10(2)7-23-16/h4-8H,1-3H3,(H,20,21,22). The van der Waals surface area contributed by atoms with E-state index in [-0.39, 0.29) is 5.91 Å². The number of nitrogens with one attached hydrogen (secondary N) is 1. The fraction of sp³-hybridized carbons (Fsp3) is 0.188. The molecule has 3 aromatic rings. The number of rotatable bonds is 3. The van der Waals surface area contributed by atoms with Crippen LogP contribution in [0.1, 0.15) is 27.4 Å². The maximum atomic E-state index is 12.5. The van der Waals surface area contributed by atoms with Crippen molar-refractivity contribution in [1.82, 2.24) is 19.9 Å². The maximum Gasteiger partial charge on any atom is 0.276 e. The molecule has 0 radical (unpaired) electrons. The Labute approximate surface area is 137 Å². The van der Waals surface area contributed by atoms with Crippen molar-refractivity contribution in [2.45, 2.75) is 20.8 Å². The lowest BCUT2D eigenvalue weighted by Crippen LogP contribution is -2.16. The van der Waals surface area contributed by atoms with Crippen LogP contribution in [0.4, 0.5) is 5.13 Å². The van der Waals surface area contributed by atoms with Crippen LogP contribution in [0.2, 0.25) is 0 Å². The van der Waals surface area contributed by atoms with Crippen molar-refractivity contribution < 1.29 is 4.79 Å². The van der Waals surface area contributed by atoms with E-state index in [2.05, 4.69) is 25.3 Å². The Hall–Kier alpha value is -2.67. The van der Waals surface area contributed by atoms with E-state index in [0.29, 0.717) is 10.8 Å². The Kier molecular flexibility index (Phi) is 4.12. The normalized spacial score (nSPS) is 10.6. The molecule has 1 N–H and O–H groups in total. The van der Waals surface area contributed by atoms with Crippen LogP contribution in [0.5, 0.6) is 0 Å². The van der Waals surface area contributed by atoms with Crippen LogP contribution in [0.15, 0.2) is 30.2 Å². The molecular weight excluding hydrogens is 310 g/mol. The van der Waals surface area contributed by atoms with Crippen LogP contribution in [0.25, 0.3) is 11.1 Å². The number of carbonyl (C=O) groups excluding carboxylic acids is 1. The Morgan fingerprint density at radius 2 is 1.83 bits per heavy atom. The second-order valence-corrected chi connectivity index (χ2v) is 6.02. The van der Waals surface area contributed by atoms with Crippen molar-refractivity contribution in [2.24, 2.45) is 0 Å². The largest absolute Gasteiger partial charge is 0.296 e. The van der Waals surface area contributed by atoms with Gasteiger partial charge < -0.3 is 0 Å². The molecule has 23 heavy (non-hydrogen) atoms. The third kappa shape index (κ3) is 3.24. The fourth-order valence-electron chi connectivity index (χ4n) is 2.26. The number of aryl methyl sites for hydroxylation is 2. The van der Waals surface area contributed by atoms with E-state index in [9.17, 15) is 4.79 Å². The van der Waals surface area contributed by atoms with Gasteiger partial charge in [0.05, 0.1) is 5.69 Å². The highest BCUT2D eigenvalue weighted by atomic mass is 32.1. The summed E-state index contributed by atoms with van der Waals surface area (Å²) in [7, 11) is 0. The summed E-state index contributed by atoms with van der Waals surface area (Å²) in [6, 6.07) is 1.93. The van der Waals surface area contributed by atoms with E-state index in [1.54, 1.807) is 12.4 Å². The molecule has 0 aliphatic carbocycles. The molecule has 3 aromatic heterocycles. The number of aromatic nitrogens is 4. The highest BCUT2D eigenvalue weighted by Gasteiger charge is 2.17. The van der Waals surface area contributed by atoms with Crippen LogP contribution in [0.3, 0.4) is 0 Å². The van der Waals surface area contributed by atoms with Crippen molar-refractivity contribution in [2.75, 3.05) is 5.32 Å². The zero-order valence-corrected chi connectivity index (χ0v) is 13.8. The summed E-state index contributed by atoms with van der Waals surface area (Å²) in [6.07, 6.45) is 4.92. The van der Waals surface area contributed by atoms with Crippen LogP contribution in [-0.2, 0) is 0 Å². The molecular formula is C16H15N5OS. The summed E-state index contributed by atoms with van der Waals surface area (Å²) in [5.74, 6) is -0.265. The lowest BCUT2D eigenvalue weighted by Gasteiger charge is -2.11. The highest BCUT2D eigenvalue weighted by Crippen LogP contribution is 2.25. The van der Waals surface area contributed by atoms with Crippen molar-refractivity contribution in [3.05, 3.63) is 52.8 Å². The lowest BCUT2D eigenvalue weighted by atomic mass is 10.0. The first kappa shape index (κ1) is 15.2. The molecule has 0 saturated carbocycles. The summed E-state index contributed by atoms with van der Waals surface area (Å²) < 4.78 is 0. The molecule has 3 rings (SSSR count). The molecule has 6 nitrogen and oxygen atoms in total. The Morgan fingerprint density at radius 3 is 2.48 bits per heavy atom. The molecule has 0 bridgehead atoms. The van der Waals surface area contributed by atoms with Gasteiger partial charge in [0.1, 0.15) is 12.0 Å². The molecule has 0 saturated heterocycles. The van der Waals surface area contributed by atoms with E-state index in [1.165, 1.54) is 17.7 Å². The molecule has 0 spiro atoms. The Balaban J connectivity index is 1.99. The number of carbonyl (C=O) groups is 1.